The van der Waals surface area contributed by atoms with E-state index < -0.39 is 15.7 Å². The minimum atomic E-state index is -3.43. The Bertz CT molecular complexity index is 807. The second-order valence-corrected chi connectivity index (χ2v) is 6.98. The highest BCUT2D eigenvalue weighted by atomic mass is 32.2. The normalized spacial score (nSPS) is 11.1. The van der Waals surface area contributed by atoms with E-state index in [4.69, 9.17) is 5.26 Å². The topological polar surface area (TPSA) is 57.9 Å². The molecule has 0 unspecified atom stereocenters. The van der Waals surface area contributed by atoms with Crippen LogP contribution in [0.1, 0.15) is 22.3 Å². The Labute approximate surface area is 123 Å². The van der Waals surface area contributed by atoms with E-state index >= 15 is 0 Å². The Hall–Kier alpha value is -2.19. The van der Waals surface area contributed by atoms with Gasteiger partial charge in [0.1, 0.15) is 5.82 Å². The molecule has 0 fully saturated rings. The van der Waals surface area contributed by atoms with Gasteiger partial charge < -0.3 is 0 Å². The number of benzene rings is 2. The summed E-state index contributed by atoms with van der Waals surface area (Å²) >= 11 is 0. The lowest BCUT2D eigenvalue weighted by Crippen LogP contribution is -2.09. The van der Waals surface area contributed by atoms with Crippen molar-refractivity contribution in [2.75, 3.05) is 0 Å². The van der Waals surface area contributed by atoms with Crippen LogP contribution in [0, 0.1) is 24.1 Å². The van der Waals surface area contributed by atoms with E-state index in [9.17, 15) is 12.8 Å². The van der Waals surface area contributed by atoms with E-state index in [2.05, 4.69) is 0 Å². The number of halogens is 1. The highest BCUT2D eigenvalue weighted by Gasteiger charge is 2.15. The zero-order valence-corrected chi connectivity index (χ0v) is 12.3. The Morgan fingerprint density at radius 3 is 2.52 bits per heavy atom. The van der Waals surface area contributed by atoms with Gasteiger partial charge in [-0.2, -0.15) is 5.26 Å². The monoisotopic (exact) mass is 303 g/mol. The van der Waals surface area contributed by atoms with Crippen LogP contribution in [-0.2, 0) is 21.3 Å². The molecule has 0 radical (unpaired) electrons. The highest BCUT2D eigenvalue weighted by Crippen LogP contribution is 2.17. The summed E-state index contributed by atoms with van der Waals surface area (Å²) in [5.41, 5.74) is 2.05. The van der Waals surface area contributed by atoms with E-state index in [-0.39, 0.29) is 17.1 Å². The van der Waals surface area contributed by atoms with Gasteiger partial charge in [-0.3, -0.25) is 0 Å². The molecular weight excluding hydrogens is 289 g/mol. The predicted molar refractivity (Wildman–Crippen MR) is 78.6 cm³/mol. The summed E-state index contributed by atoms with van der Waals surface area (Å²) in [5.74, 6) is -0.985. The minimum absolute atomic E-state index is 0.0991. The highest BCUT2D eigenvalue weighted by molar-refractivity contribution is 7.89. The van der Waals surface area contributed by atoms with Crippen LogP contribution in [0.3, 0.4) is 0 Å². The van der Waals surface area contributed by atoms with Gasteiger partial charge in [0.2, 0.25) is 0 Å². The Kier molecular flexibility index (Phi) is 4.39. The lowest BCUT2D eigenvalue weighted by atomic mass is 10.1. The minimum Gasteiger partial charge on any atom is -0.228 e. The van der Waals surface area contributed by atoms with Crippen molar-refractivity contribution in [2.24, 2.45) is 0 Å². The van der Waals surface area contributed by atoms with E-state index in [0.717, 1.165) is 23.3 Å². The average Bonchev–Trinajstić information content (AvgIpc) is 2.40. The molecule has 0 saturated carbocycles. The molecule has 0 aromatic heterocycles. The molecule has 0 amide bonds. The molecule has 0 saturated heterocycles. The molecule has 5 heteroatoms. The average molecular weight is 303 g/mol. The zero-order valence-electron chi connectivity index (χ0n) is 11.5. The summed E-state index contributed by atoms with van der Waals surface area (Å²) in [6.45, 7) is 1.85. The molecular formula is C16H14FNO2S. The van der Waals surface area contributed by atoms with Crippen molar-refractivity contribution >= 4 is 9.84 Å². The molecule has 2 aromatic rings. The maximum atomic E-state index is 13.3. The Balaban J connectivity index is 2.24. The molecule has 21 heavy (non-hydrogen) atoms. The fraction of sp³-hybridized carbons (Fsp3) is 0.188. The van der Waals surface area contributed by atoms with E-state index in [1.54, 1.807) is 12.1 Å². The third-order valence-corrected chi connectivity index (χ3v) is 4.63. The number of nitriles is 1. The summed E-state index contributed by atoms with van der Waals surface area (Å²) in [6, 6.07) is 12.7. The first kappa shape index (κ1) is 15.2. The van der Waals surface area contributed by atoms with Crippen LogP contribution in [0.25, 0.3) is 0 Å². The maximum absolute atomic E-state index is 13.3. The summed E-state index contributed by atoms with van der Waals surface area (Å²) in [6.07, 6.45) is 0. The van der Waals surface area contributed by atoms with Gasteiger partial charge in [-0.1, -0.05) is 24.3 Å². The van der Waals surface area contributed by atoms with Gasteiger partial charge in [0.15, 0.2) is 9.84 Å². The molecule has 0 spiro atoms. The van der Waals surface area contributed by atoms with Crippen molar-refractivity contribution < 1.29 is 12.8 Å². The second-order valence-electron chi connectivity index (χ2n) is 4.92. The van der Waals surface area contributed by atoms with Crippen LogP contribution >= 0.6 is 0 Å². The summed E-state index contributed by atoms with van der Waals surface area (Å²) < 4.78 is 37.8. The van der Waals surface area contributed by atoms with Gasteiger partial charge in [0, 0.05) is 0 Å². The Morgan fingerprint density at radius 2 is 1.86 bits per heavy atom. The summed E-state index contributed by atoms with van der Waals surface area (Å²) in [4.78, 5) is 0. The number of sulfone groups is 1. The molecule has 0 bridgehead atoms. The smallest absolute Gasteiger partial charge is 0.158 e. The summed E-state index contributed by atoms with van der Waals surface area (Å²) in [7, 11) is -3.43. The van der Waals surface area contributed by atoms with Gasteiger partial charge in [-0.05, 0) is 41.8 Å². The quantitative estimate of drug-likeness (QED) is 0.872. The lowest BCUT2D eigenvalue weighted by molar-refractivity contribution is 0.593. The molecule has 0 heterocycles. The van der Waals surface area contributed by atoms with Crippen LogP contribution in [0.5, 0.6) is 0 Å². The fourth-order valence-electron chi connectivity index (χ4n) is 2.11. The van der Waals surface area contributed by atoms with Gasteiger partial charge in [0.25, 0.3) is 0 Å². The van der Waals surface area contributed by atoms with Crippen LogP contribution in [-0.4, -0.2) is 8.42 Å². The van der Waals surface area contributed by atoms with Crippen molar-refractivity contribution in [3.8, 4) is 6.07 Å². The number of hydrogen-bond donors (Lipinski definition) is 0. The van der Waals surface area contributed by atoms with Crippen molar-refractivity contribution in [2.45, 2.75) is 18.4 Å². The molecule has 108 valence electrons. The molecule has 0 N–H and O–H groups in total. The largest absolute Gasteiger partial charge is 0.228 e. The standard InChI is InChI=1S/C16H14FNO2S/c1-12-4-2-3-5-15(12)11-21(19,20)10-14-6-13(9-18)7-16(17)8-14/h2-8H,10-11H2,1H3. The number of hydrogen-bond acceptors (Lipinski definition) is 3. The maximum Gasteiger partial charge on any atom is 0.158 e. The molecule has 0 aliphatic rings. The third kappa shape index (κ3) is 4.14. The lowest BCUT2D eigenvalue weighted by Gasteiger charge is -2.08. The molecule has 2 rings (SSSR count). The molecule has 2 aromatic carbocycles. The Morgan fingerprint density at radius 1 is 1.14 bits per heavy atom. The van der Waals surface area contributed by atoms with Crippen LogP contribution < -0.4 is 0 Å². The van der Waals surface area contributed by atoms with Crippen LogP contribution in [0.2, 0.25) is 0 Å². The second kappa shape index (κ2) is 6.06. The van der Waals surface area contributed by atoms with Gasteiger partial charge >= 0.3 is 0 Å². The van der Waals surface area contributed by atoms with Crippen molar-refractivity contribution in [1.29, 1.82) is 5.26 Å². The van der Waals surface area contributed by atoms with Crippen molar-refractivity contribution in [3.63, 3.8) is 0 Å². The van der Waals surface area contributed by atoms with E-state index in [0.29, 0.717) is 5.56 Å². The van der Waals surface area contributed by atoms with Gasteiger partial charge in [-0.25, -0.2) is 12.8 Å². The molecule has 0 atom stereocenters. The third-order valence-electron chi connectivity index (χ3n) is 3.11. The number of aryl methyl sites for hydroxylation is 1. The zero-order chi connectivity index (χ0) is 15.5. The molecule has 0 aliphatic heterocycles. The summed E-state index contributed by atoms with van der Waals surface area (Å²) in [5, 5.41) is 8.79. The fourth-order valence-corrected chi connectivity index (χ4v) is 3.69. The first-order valence-corrected chi connectivity index (χ1v) is 8.16. The van der Waals surface area contributed by atoms with Crippen LogP contribution in [0.4, 0.5) is 4.39 Å². The first-order chi connectivity index (χ1) is 9.89. The molecule has 3 nitrogen and oxygen atoms in total. The SMILES string of the molecule is Cc1ccccc1CS(=O)(=O)Cc1cc(F)cc(C#N)c1. The predicted octanol–water partition coefficient (Wildman–Crippen LogP) is 3.12. The first-order valence-electron chi connectivity index (χ1n) is 6.34. The van der Waals surface area contributed by atoms with E-state index in [1.807, 2.05) is 25.1 Å². The number of nitrogens with zero attached hydrogens (tertiary/aromatic N) is 1. The van der Waals surface area contributed by atoms with Crippen molar-refractivity contribution in [1.82, 2.24) is 0 Å². The van der Waals surface area contributed by atoms with Crippen molar-refractivity contribution in [3.05, 3.63) is 70.5 Å². The number of rotatable bonds is 4. The van der Waals surface area contributed by atoms with Gasteiger partial charge in [-0.15, -0.1) is 0 Å². The van der Waals surface area contributed by atoms with E-state index in [1.165, 1.54) is 6.07 Å². The molecule has 0 aliphatic carbocycles. The van der Waals surface area contributed by atoms with Crippen LogP contribution in [0.15, 0.2) is 42.5 Å². The van der Waals surface area contributed by atoms with Gasteiger partial charge in [0.05, 0.1) is 23.1 Å².